The summed E-state index contributed by atoms with van der Waals surface area (Å²) in [5.74, 6) is 0.0121. The molecular formula is C21H39NO3. The Labute approximate surface area is 154 Å². The molecule has 1 atom stereocenters. The fourth-order valence-corrected chi connectivity index (χ4v) is 4.21. The number of esters is 1. The Kier molecular flexibility index (Phi) is 9.12. The van der Waals surface area contributed by atoms with Crippen molar-refractivity contribution < 1.29 is 14.3 Å². The molecule has 0 radical (unpaired) electrons. The summed E-state index contributed by atoms with van der Waals surface area (Å²) in [4.78, 5) is 22.9. The van der Waals surface area contributed by atoms with E-state index in [0.717, 1.165) is 64.1 Å². The summed E-state index contributed by atoms with van der Waals surface area (Å²) in [7, 11) is 0. The molecule has 0 amide bonds. The van der Waals surface area contributed by atoms with Crippen molar-refractivity contribution >= 4 is 12.3 Å². The molecule has 1 fully saturated rings. The maximum absolute atomic E-state index is 12.6. The zero-order chi connectivity index (χ0) is 18.9. The van der Waals surface area contributed by atoms with Gasteiger partial charge in [-0.3, -0.25) is 4.79 Å². The van der Waals surface area contributed by atoms with Crippen LogP contribution in [-0.2, 0) is 14.3 Å². The Morgan fingerprint density at radius 3 is 2.20 bits per heavy atom. The Morgan fingerprint density at radius 2 is 1.64 bits per heavy atom. The molecule has 1 unspecified atom stereocenters. The second-order valence-electron chi connectivity index (χ2n) is 8.98. The molecule has 1 aliphatic heterocycles. The molecule has 0 aromatic carbocycles. The molecule has 0 bridgehead atoms. The number of carbonyl (C=O) groups is 2. The van der Waals surface area contributed by atoms with Crippen LogP contribution in [0.15, 0.2) is 0 Å². The SMILES string of the molecule is CCC(CCCCCCCC=O)C(=O)OC1CC(C)(C)NC(C)(C)C1. The highest BCUT2D eigenvalue weighted by Crippen LogP contribution is 2.31. The molecule has 0 spiro atoms. The van der Waals surface area contributed by atoms with E-state index in [4.69, 9.17) is 4.74 Å². The first-order valence-electron chi connectivity index (χ1n) is 10.1. The minimum atomic E-state index is -0.0121. The van der Waals surface area contributed by atoms with Gasteiger partial charge in [0.15, 0.2) is 0 Å². The molecule has 146 valence electrons. The normalized spacial score (nSPS) is 20.8. The smallest absolute Gasteiger partial charge is 0.309 e. The van der Waals surface area contributed by atoms with E-state index in [1.165, 1.54) is 0 Å². The van der Waals surface area contributed by atoms with Gasteiger partial charge in [-0.05, 0) is 47.0 Å². The maximum Gasteiger partial charge on any atom is 0.309 e. The highest BCUT2D eigenvalue weighted by molar-refractivity contribution is 5.72. The van der Waals surface area contributed by atoms with Gasteiger partial charge in [-0.2, -0.15) is 0 Å². The van der Waals surface area contributed by atoms with E-state index < -0.39 is 0 Å². The molecule has 4 heteroatoms. The van der Waals surface area contributed by atoms with Crippen molar-refractivity contribution in [1.29, 1.82) is 0 Å². The lowest BCUT2D eigenvalue weighted by Crippen LogP contribution is -2.59. The average Bonchev–Trinajstić information content (AvgIpc) is 2.46. The van der Waals surface area contributed by atoms with Crippen LogP contribution in [0.4, 0.5) is 0 Å². The number of nitrogens with one attached hydrogen (secondary N) is 1. The Balaban J connectivity index is 2.36. The molecule has 0 aromatic rings. The number of carbonyl (C=O) groups excluding carboxylic acids is 2. The Morgan fingerprint density at radius 1 is 1.08 bits per heavy atom. The maximum atomic E-state index is 12.6. The predicted molar refractivity (Wildman–Crippen MR) is 103 cm³/mol. The molecule has 1 rings (SSSR count). The van der Waals surface area contributed by atoms with Crippen molar-refractivity contribution in [2.24, 2.45) is 5.92 Å². The second-order valence-corrected chi connectivity index (χ2v) is 8.98. The van der Waals surface area contributed by atoms with Crippen LogP contribution in [0.2, 0.25) is 0 Å². The summed E-state index contributed by atoms with van der Waals surface area (Å²) < 4.78 is 5.91. The lowest BCUT2D eigenvalue weighted by molar-refractivity contribution is -0.158. The number of hydrogen-bond acceptors (Lipinski definition) is 4. The summed E-state index contributed by atoms with van der Waals surface area (Å²) in [5, 5.41) is 3.63. The lowest BCUT2D eigenvalue weighted by atomic mass is 9.81. The third-order valence-corrected chi connectivity index (χ3v) is 5.14. The fraction of sp³-hybridized carbons (Fsp3) is 0.905. The van der Waals surface area contributed by atoms with E-state index in [-0.39, 0.29) is 29.1 Å². The van der Waals surface area contributed by atoms with Crippen LogP contribution in [0.3, 0.4) is 0 Å². The largest absolute Gasteiger partial charge is 0.462 e. The van der Waals surface area contributed by atoms with Gasteiger partial charge in [-0.25, -0.2) is 0 Å². The minimum absolute atomic E-state index is 0.00404. The molecule has 0 aliphatic carbocycles. The van der Waals surface area contributed by atoms with Gasteiger partial charge in [0, 0.05) is 30.3 Å². The van der Waals surface area contributed by atoms with Gasteiger partial charge >= 0.3 is 5.97 Å². The minimum Gasteiger partial charge on any atom is -0.462 e. The van der Waals surface area contributed by atoms with Crippen LogP contribution in [-0.4, -0.2) is 29.4 Å². The number of ether oxygens (including phenoxy) is 1. The summed E-state index contributed by atoms with van der Waals surface area (Å²) >= 11 is 0. The van der Waals surface area contributed by atoms with Gasteiger partial charge in [0.25, 0.3) is 0 Å². The highest BCUT2D eigenvalue weighted by Gasteiger charge is 2.39. The molecular weight excluding hydrogens is 314 g/mol. The summed E-state index contributed by atoms with van der Waals surface area (Å²) in [6, 6.07) is 0. The van der Waals surface area contributed by atoms with Gasteiger partial charge in [0.05, 0.1) is 5.92 Å². The predicted octanol–water partition coefficient (Wildman–Crippen LogP) is 4.79. The molecule has 1 heterocycles. The molecule has 0 saturated carbocycles. The summed E-state index contributed by atoms with van der Waals surface area (Å²) in [5.41, 5.74) is -0.00808. The van der Waals surface area contributed by atoms with Crippen LogP contribution in [0, 0.1) is 5.92 Å². The molecule has 0 aromatic heterocycles. The number of piperidine rings is 1. The van der Waals surface area contributed by atoms with Crippen LogP contribution < -0.4 is 5.32 Å². The number of aldehydes is 1. The first-order valence-corrected chi connectivity index (χ1v) is 10.1. The van der Waals surface area contributed by atoms with Gasteiger partial charge in [0.2, 0.25) is 0 Å². The first kappa shape index (κ1) is 22.1. The van der Waals surface area contributed by atoms with Crippen molar-refractivity contribution in [3.05, 3.63) is 0 Å². The Hall–Kier alpha value is -0.900. The van der Waals surface area contributed by atoms with E-state index in [1.54, 1.807) is 0 Å². The van der Waals surface area contributed by atoms with E-state index in [2.05, 4.69) is 39.9 Å². The van der Waals surface area contributed by atoms with Crippen LogP contribution in [0.25, 0.3) is 0 Å². The third-order valence-electron chi connectivity index (χ3n) is 5.14. The monoisotopic (exact) mass is 353 g/mol. The van der Waals surface area contributed by atoms with Gasteiger partial charge in [-0.15, -0.1) is 0 Å². The van der Waals surface area contributed by atoms with Crippen molar-refractivity contribution in [1.82, 2.24) is 5.32 Å². The molecule has 1 N–H and O–H groups in total. The summed E-state index contributed by atoms with van der Waals surface area (Å²) in [6.07, 6.45) is 10.6. The van der Waals surface area contributed by atoms with Gasteiger partial charge in [-0.1, -0.05) is 32.6 Å². The Bertz CT molecular complexity index is 401. The standard InChI is InChI=1S/C21H39NO3/c1-6-17(13-11-9-7-8-10-12-14-23)19(24)25-18-15-20(2,3)22-21(4,5)16-18/h14,17-18,22H,6-13,15-16H2,1-5H3. The van der Waals surface area contributed by atoms with Crippen molar-refractivity contribution in [2.75, 3.05) is 0 Å². The van der Waals surface area contributed by atoms with Crippen molar-refractivity contribution in [3.8, 4) is 0 Å². The highest BCUT2D eigenvalue weighted by atomic mass is 16.5. The molecule has 1 saturated heterocycles. The third kappa shape index (κ3) is 8.84. The molecule has 25 heavy (non-hydrogen) atoms. The van der Waals surface area contributed by atoms with Gasteiger partial charge < -0.3 is 14.8 Å². The zero-order valence-corrected chi connectivity index (χ0v) is 17.0. The van der Waals surface area contributed by atoms with E-state index >= 15 is 0 Å². The van der Waals surface area contributed by atoms with Crippen LogP contribution in [0.5, 0.6) is 0 Å². The molecule has 4 nitrogen and oxygen atoms in total. The number of unbranched alkanes of at least 4 members (excludes halogenated alkanes) is 5. The van der Waals surface area contributed by atoms with Crippen molar-refractivity contribution in [3.63, 3.8) is 0 Å². The zero-order valence-electron chi connectivity index (χ0n) is 17.0. The number of rotatable bonds is 11. The molecule has 1 aliphatic rings. The van der Waals surface area contributed by atoms with Gasteiger partial charge in [0.1, 0.15) is 12.4 Å². The second kappa shape index (κ2) is 10.3. The van der Waals surface area contributed by atoms with E-state index in [0.29, 0.717) is 6.42 Å². The average molecular weight is 354 g/mol. The quantitative estimate of drug-likeness (QED) is 0.329. The lowest BCUT2D eigenvalue weighted by Gasteiger charge is -2.46. The first-order chi connectivity index (χ1) is 11.7. The topological polar surface area (TPSA) is 55.4 Å². The van der Waals surface area contributed by atoms with Crippen LogP contribution in [0.1, 0.15) is 98.8 Å². The van der Waals surface area contributed by atoms with E-state index in [9.17, 15) is 9.59 Å². The van der Waals surface area contributed by atoms with Crippen LogP contribution >= 0.6 is 0 Å². The van der Waals surface area contributed by atoms with E-state index in [1.807, 2.05) is 0 Å². The number of hydrogen-bond donors (Lipinski definition) is 1. The summed E-state index contributed by atoms with van der Waals surface area (Å²) in [6.45, 7) is 10.8. The van der Waals surface area contributed by atoms with Crippen molar-refractivity contribution in [2.45, 2.75) is 116 Å². The fourth-order valence-electron chi connectivity index (χ4n) is 4.21.